The van der Waals surface area contributed by atoms with Gasteiger partial charge in [0.15, 0.2) is 0 Å². The summed E-state index contributed by atoms with van der Waals surface area (Å²) in [5.74, 6) is -0.493. The van der Waals surface area contributed by atoms with Crippen LogP contribution in [0.4, 0.5) is 0 Å². The van der Waals surface area contributed by atoms with E-state index in [-0.39, 0.29) is 24.9 Å². The summed E-state index contributed by atoms with van der Waals surface area (Å²) in [7, 11) is 0. The van der Waals surface area contributed by atoms with Crippen LogP contribution in [0.25, 0.3) is 0 Å². The Labute approximate surface area is 372 Å². The number of rotatable bonds is 46. The highest BCUT2D eigenvalue weighted by Crippen LogP contribution is 2.18. The van der Waals surface area contributed by atoms with E-state index in [9.17, 15) is 19.8 Å². The molecule has 3 unspecified atom stereocenters. The van der Waals surface area contributed by atoms with Gasteiger partial charge in [-0.15, -0.1) is 0 Å². The molecular formula is C54H99NO5. The zero-order valence-corrected chi connectivity index (χ0v) is 39.8. The molecule has 0 aromatic rings. The third kappa shape index (κ3) is 42.5. The van der Waals surface area contributed by atoms with Crippen LogP contribution in [-0.4, -0.2) is 46.9 Å². The van der Waals surface area contributed by atoms with E-state index in [2.05, 4.69) is 56.5 Å². The molecule has 0 aliphatic carbocycles. The van der Waals surface area contributed by atoms with Crippen LogP contribution < -0.4 is 5.32 Å². The van der Waals surface area contributed by atoms with E-state index in [1.807, 2.05) is 18.2 Å². The predicted molar refractivity (Wildman–Crippen MR) is 259 cm³/mol. The summed E-state index contributed by atoms with van der Waals surface area (Å²) in [5, 5.41) is 23.8. The fourth-order valence-electron chi connectivity index (χ4n) is 7.85. The van der Waals surface area contributed by atoms with Gasteiger partial charge >= 0.3 is 5.97 Å². The summed E-state index contributed by atoms with van der Waals surface area (Å²) in [4.78, 5) is 26.1. The Bertz CT molecular complexity index is 1040. The number of carbonyl (C=O) groups is 2. The molecule has 3 N–H and O–H groups in total. The maximum atomic E-state index is 13.2. The van der Waals surface area contributed by atoms with Gasteiger partial charge in [0.25, 0.3) is 0 Å². The van der Waals surface area contributed by atoms with Crippen LogP contribution in [-0.2, 0) is 14.3 Å². The lowest BCUT2D eigenvalue weighted by atomic mass is 10.0. The van der Waals surface area contributed by atoms with Crippen LogP contribution in [0, 0.1) is 0 Å². The Morgan fingerprint density at radius 3 is 1.37 bits per heavy atom. The minimum atomic E-state index is -0.790. The van der Waals surface area contributed by atoms with Crippen LogP contribution in [0.5, 0.6) is 0 Å². The minimum absolute atomic E-state index is 0.0700. The Morgan fingerprint density at radius 2 is 0.900 bits per heavy atom. The summed E-state index contributed by atoms with van der Waals surface area (Å²) in [6.07, 6.45) is 57.4. The van der Waals surface area contributed by atoms with Crippen molar-refractivity contribution in [1.29, 1.82) is 0 Å². The fourth-order valence-corrected chi connectivity index (χ4v) is 7.85. The molecule has 0 radical (unpaired) electrons. The van der Waals surface area contributed by atoms with E-state index in [1.54, 1.807) is 0 Å². The molecule has 0 aliphatic heterocycles. The lowest BCUT2D eigenvalue weighted by Crippen LogP contribution is -2.46. The first-order valence-electron chi connectivity index (χ1n) is 25.9. The molecule has 0 rings (SSSR count). The van der Waals surface area contributed by atoms with Crippen molar-refractivity contribution in [3.63, 3.8) is 0 Å². The number of hydrogen-bond acceptors (Lipinski definition) is 5. The highest BCUT2D eigenvalue weighted by molar-refractivity contribution is 5.77. The van der Waals surface area contributed by atoms with Crippen molar-refractivity contribution in [2.75, 3.05) is 6.61 Å². The summed E-state index contributed by atoms with van der Waals surface area (Å²) in [6.45, 7) is 6.35. The molecule has 0 aromatic carbocycles. The van der Waals surface area contributed by atoms with E-state index in [1.165, 1.54) is 135 Å². The van der Waals surface area contributed by atoms with Crippen molar-refractivity contribution in [2.24, 2.45) is 0 Å². The molecule has 0 aliphatic rings. The van der Waals surface area contributed by atoms with Gasteiger partial charge in [-0.05, 0) is 44.9 Å². The van der Waals surface area contributed by atoms with Crippen LogP contribution in [0.3, 0.4) is 0 Å². The molecule has 1 amide bonds. The summed E-state index contributed by atoms with van der Waals surface area (Å²) < 4.78 is 5.92. The highest BCUT2D eigenvalue weighted by Gasteiger charge is 2.24. The van der Waals surface area contributed by atoms with Crippen molar-refractivity contribution < 1.29 is 24.5 Å². The van der Waals surface area contributed by atoms with Crippen LogP contribution in [0.2, 0.25) is 0 Å². The lowest BCUT2D eigenvalue weighted by Gasteiger charge is -2.24. The number of aliphatic hydroxyl groups excluding tert-OH is 2. The summed E-state index contributed by atoms with van der Waals surface area (Å²) >= 11 is 0. The number of amides is 1. The van der Waals surface area contributed by atoms with Gasteiger partial charge in [0.1, 0.15) is 6.10 Å². The number of unbranched alkanes of at least 4 members (excludes halogenated alkanes) is 29. The molecule has 0 saturated heterocycles. The van der Waals surface area contributed by atoms with E-state index < -0.39 is 18.2 Å². The van der Waals surface area contributed by atoms with Crippen LogP contribution >= 0.6 is 0 Å². The summed E-state index contributed by atoms with van der Waals surface area (Å²) in [6, 6.07) is -0.704. The SMILES string of the molecule is CC/C=C/C=C/C=C/C=C\CCCCCCCC(=O)OC(CCCCCCCCCCCCC)CC(=O)NC(CO)C(O)CCCCCCCCCCCCCCCCC. The van der Waals surface area contributed by atoms with Gasteiger partial charge in [0, 0.05) is 6.42 Å². The second-order valence-corrected chi connectivity index (χ2v) is 17.6. The molecule has 0 spiro atoms. The Kier molecular flexibility index (Phi) is 46.1. The zero-order chi connectivity index (χ0) is 43.8. The average molecular weight is 842 g/mol. The topological polar surface area (TPSA) is 95.9 Å². The standard InChI is InChI=1S/C54H99NO5/c1-4-7-10-13-16-19-22-24-26-28-31-34-37-40-43-46-52(57)51(49-56)55-53(58)48-50(45-42-39-36-33-30-21-18-15-12-9-6-3)60-54(59)47-44-41-38-35-32-29-27-25-23-20-17-14-11-8-5-2/h8,11,14,17,20,23,25,27,50-52,56-57H,4-7,9-10,12-13,15-16,18-19,21-22,24,26,28-49H2,1-3H3,(H,55,58)/b11-8+,17-14+,23-20+,27-25-. The molecule has 0 fully saturated rings. The Hall–Kier alpha value is -2.18. The first kappa shape index (κ1) is 57.8. The fraction of sp³-hybridized carbons (Fsp3) is 0.815. The molecule has 0 saturated carbocycles. The number of carbonyl (C=O) groups excluding carboxylic acids is 2. The number of hydrogen-bond donors (Lipinski definition) is 3. The molecule has 6 heteroatoms. The predicted octanol–water partition coefficient (Wildman–Crippen LogP) is 15.5. The first-order valence-corrected chi connectivity index (χ1v) is 25.9. The molecule has 0 heterocycles. The van der Waals surface area contributed by atoms with Gasteiger partial charge in [-0.1, -0.05) is 249 Å². The van der Waals surface area contributed by atoms with E-state index in [0.717, 1.165) is 77.0 Å². The summed E-state index contributed by atoms with van der Waals surface area (Å²) in [5.41, 5.74) is 0. The molecule has 3 atom stereocenters. The maximum Gasteiger partial charge on any atom is 0.306 e. The van der Waals surface area contributed by atoms with Crippen molar-refractivity contribution in [3.05, 3.63) is 48.6 Å². The Morgan fingerprint density at radius 1 is 0.500 bits per heavy atom. The highest BCUT2D eigenvalue weighted by atomic mass is 16.5. The van der Waals surface area contributed by atoms with E-state index in [4.69, 9.17) is 4.74 Å². The molecular weight excluding hydrogens is 743 g/mol. The van der Waals surface area contributed by atoms with Crippen molar-refractivity contribution in [2.45, 2.75) is 277 Å². The molecule has 0 aromatic heterocycles. The monoisotopic (exact) mass is 842 g/mol. The van der Waals surface area contributed by atoms with Gasteiger partial charge in [-0.2, -0.15) is 0 Å². The van der Waals surface area contributed by atoms with Crippen molar-refractivity contribution >= 4 is 11.9 Å². The van der Waals surface area contributed by atoms with Crippen LogP contribution in [0.15, 0.2) is 48.6 Å². The smallest absolute Gasteiger partial charge is 0.306 e. The largest absolute Gasteiger partial charge is 0.462 e. The van der Waals surface area contributed by atoms with Gasteiger partial charge in [-0.3, -0.25) is 9.59 Å². The third-order valence-corrected chi connectivity index (χ3v) is 11.8. The number of esters is 1. The van der Waals surface area contributed by atoms with Gasteiger partial charge in [-0.25, -0.2) is 0 Å². The quantitative estimate of drug-likeness (QED) is 0.0322. The molecule has 350 valence electrons. The molecule has 60 heavy (non-hydrogen) atoms. The number of aliphatic hydroxyl groups is 2. The van der Waals surface area contributed by atoms with Crippen LogP contribution in [0.1, 0.15) is 258 Å². The van der Waals surface area contributed by atoms with Crippen molar-refractivity contribution in [1.82, 2.24) is 5.32 Å². The number of nitrogens with one attached hydrogen (secondary N) is 1. The van der Waals surface area contributed by atoms with E-state index >= 15 is 0 Å². The lowest BCUT2D eigenvalue weighted by molar-refractivity contribution is -0.151. The number of allylic oxidation sites excluding steroid dienone is 8. The Balaban J connectivity index is 4.54. The van der Waals surface area contributed by atoms with Crippen molar-refractivity contribution in [3.8, 4) is 0 Å². The van der Waals surface area contributed by atoms with E-state index in [0.29, 0.717) is 19.3 Å². The van der Waals surface area contributed by atoms with Gasteiger partial charge in [0.05, 0.1) is 25.2 Å². The number of ether oxygens (including phenoxy) is 1. The normalized spacial score (nSPS) is 13.6. The molecule has 6 nitrogen and oxygen atoms in total. The third-order valence-electron chi connectivity index (χ3n) is 11.8. The first-order chi connectivity index (χ1) is 29.5. The maximum absolute atomic E-state index is 13.2. The van der Waals surface area contributed by atoms with Gasteiger partial charge in [0.2, 0.25) is 5.91 Å². The minimum Gasteiger partial charge on any atom is -0.462 e. The second-order valence-electron chi connectivity index (χ2n) is 17.6. The average Bonchev–Trinajstić information content (AvgIpc) is 3.24. The second kappa shape index (κ2) is 47.9. The van der Waals surface area contributed by atoms with Gasteiger partial charge < -0.3 is 20.3 Å². The zero-order valence-electron chi connectivity index (χ0n) is 39.8. The molecule has 0 bridgehead atoms.